The van der Waals surface area contributed by atoms with Gasteiger partial charge in [-0.2, -0.15) is 0 Å². The van der Waals surface area contributed by atoms with Gasteiger partial charge >= 0.3 is 0 Å². The Labute approximate surface area is 199 Å². The maximum Gasteiger partial charge on any atom is 0.153 e. The Morgan fingerprint density at radius 2 is 1.47 bits per heavy atom. The lowest BCUT2D eigenvalue weighted by molar-refractivity contribution is 0.588. The molecule has 0 radical (unpaired) electrons. The molecule has 0 unspecified atom stereocenters. The number of aromatic nitrogens is 1. The molecular formula is C31H27NO2. The Morgan fingerprint density at radius 3 is 2.24 bits per heavy atom. The quantitative estimate of drug-likeness (QED) is 0.267. The fourth-order valence-corrected chi connectivity index (χ4v) is 4.95. The summed E-state index contributed by atoms with van der Waals surface area (Å²) in [7, 11) is 0. The Hall–Kier alpha value is -3.85. The van der Waals surface area contributed by atoms with Crippen LogP contribution in [0.15, 0.2) is 81.8 Å². The van der Waals surface area contributed by atoms with Gasteiger partial charge in [-0.1, -0.05) is 63.2 Å². The van der Waals surface area contributed by atoms with Crippen LogP contribution in [-0.4, -0.2) is 4.98 Å². The van der Waals surface area contributed by atoms with E-state index in [1.807, 2.05) is 24.4 Å². The molecule has 0 N–H and O–H groups in total. The number of fused-ring (bicyclic) bond motifs is 4. The minimum atomic E-state index is 0.110. The Bertz CT molecular complexity index is 1690. The lowest BCUT2D eigenvalue weighted by atomic mass is 9.83. The van der Waals surface area contributed by atoms with Gasteiger partial charge in [-0.15, -0.1) is 0 Å². The van der Waals surface area contributed by atoms with Crippen LogP contribution in [0.5, 0.6) is 0 Å². The van der Waals surface area contributed by atoms with E-state index in [0.717, 1.165) is 55.5 Å². The number of hydrogen-bond donors (Lipinski definition) is 0. The largest absolute Gasteiger partial charge is 0.455 e. The van der Waals surface area contributed by atoms with Crippen molar-refractivity contribution in [3.8, 4) is 22.6 Å². The van der Waals surface area contributed by atoms with E-state index in [1.165, 1.54) is 16.7 Å². The van der Waals surface area contributed by atoms with Crippen molar-refractivity contribution >= 4 is 32.9 Å². The van der Waals surface area contributed by atoms with Crippen LogP contribution in [0.25, 0.3) is 55.5 Å². The van der Waals surface area contributed by atoms with E-state index in [-0.39, 0.29) is 5.41 Å². The van der Waals surface area contributed by atoms with Gasteiger partial charge in [-0.05, 0) is 60.2 Å². The van der Waals surface area contributed by atoms with E-state index in [9.17, 15) is 0 Å². The highest BCUT2D eigenvalue weighted by molar-refractivity contribution is 6.09. The molecule has 168 valence electrons. The SMILES string of the molecule is Cc1cc(C(C)(C)C)cc(C)c1-c1cc2cc(-c3cccc4c3oc3ccccc34)ncc2o1. The molecule has 3 aromatic heterocycles. The standard InChI is InChI=1S/C31H27NO2/c1-18-13-21(31(3,4)5)14-19(2)29(18)27-16-20-15-25(32-17-28(20)33-27)24-11-8-10-23-22-9-6-7-12-26(22)34-30(23)24/h6-17H,1-5H3. The molecule has 0 aliphatic carbocycles. The lowest BCUT2D eigenvalue weighted by Gasteiger charge is -2.21. The van der Waals surface area contributed by atoms with Crippen molar-refractivity contribution in [2.75, 3.05) is 0 Å². The first-order valence-electron chi connectivity index (χ1n) is 11.7. The molecule has 3 aromatic carbocycles. The Kier molecular flexibility index (Phi) is 4.47. The van der Waals surface area contributed by atoms with Crippen LogP contribution in [0.3, 0.4) is 0 Å². The normalized spacial score (nSPS) is 12.3. The number of pyridine rings is 1. The maximum atomic E-state index is 6.28. The number of hydrogen-bond acceptors (Lipinski definition) is 3. The summed E-state index contributed by atoms with van der Waals surface area (Å²) in [4.78, 5) is 4.74. The van der Waals surface area contributed by atoms with Gasteiger partial charge < -0.3 is 8.83 Å². The van der Waals surface area contributed by atoms with Gasteiger partial charge in [-0.3, -0.25) is 4.98 Å². The number of nitrogens with zero attached hydrogens (tertiary/aromatic N) is 1. The minimum Gasteiger partial charge on any atom is -0.455 e. The first kappa shape index (κ1) is 20.7. The van der Waals surface area contributed by atoms with Crippen LogP contribution in [0.1, 0.15) is 37.5 Å². The van der Waals surface area contributed by atoms with Crippen LogP contribution in [-0.2, 0) is 5.41 Å². The number of para-hydroxylation sites is 2. The Balaban J connectivity index is 1.48. The van der Waals surface area contributed by atoms with Crippen LogP contribution in [0, 0.1) is 13.8 Å². The summed E-state index contributed by atoms with van der Waals surface area (Å²) < 4.78 is 12.5. The van der Waals surface area contributed by atoms with Gasteiger partial charge in [0.15, 0.2) is 5.58 Å². The molecule has 0 fully saturated rings. The van der Waals surface area contributed by atoms with Crippen molar-refractivity contribution < 1.29 is 8.83 Å². The monoisotopic (exact) mass is 445 g/mol. The smallest absolute Gasteiger partial charge is 0.153 e. The first-order valence-corrected chi connectivity index (χ1v) is 11.7. The highest BCUT2D eigenvalue weighted by Gasteiger charge is 2.19. The fraction of sp³-hybridized carbons (Fsp3) is 0.194. The van der Waals surface area contributed by atoms with Crippen LogP contribution in [0.2, 0.25) is 0 Å². The third kappa shape index (κ3) is 3.23. The van der Waals surface area contributed by atoms with Crippen molar-refractivity contribution in [2.24, 2.45) is 0 Å². The summed E-state index contributed by atoms with van der Waals surface area (Å²) in [5.41, 5.74) is 9.46. The van der Waals surface area contributed by atoms with Gasteiger partial charge in [0.2, 0.25) is 0 Å². The first-order chi connectivity index (χ1) is 16.3. The van der Waals surface area contributed by atoms with E-state index < -0.39 is 0 Å². The van der Waals surface area contributed by atoms with E-state index in [4.69, 9.17) is 13.8 Å². The molecule has 0 saturated heterocycles. The molecule has 0 aliphatic rings. The molecule has 6 rings (SSSR count). The lowest BCUT2D eigenvalue weighted by Crippen LogP contribution is -2.12. The molecule has 3 heteroatoms. The molecule has 0 atom stereocenters. The van der Waals surface area contributed by atoms with E-state index >= 15 is 0 Å². The van der Waals surface area contributed by atoms with Crippen LogP contribution < -0.4 is 0 Å². The second kappa shape index (κ2) is 7.33. The highest BCUT2D eigenvalue weighted by Crippen LogP contribution is 2.38. The molecule has 0 aliphatic heterocycles. The summed E-state index contributed by atoms with van der Waals surface area (Å²) in [5, 5.41) is 3.26. The second-order valence-corrected chi connectivity index (χ2v) is 10.2. The van der Waals surface area contributed by atoms with E-state index in [1.54, 1.807) is 0 Å². The third-order valence-electron chi connectivity index (χ3n) is 6.73. The van der Waals surface area contributed by atoms with Gasteiger partial charge in [0.25, 0.3) is 0 Å². The van der Waals surface area contributed by atoms with Crippen molar-refractivity contribution in [1.82, 2.24) is 4.98 Å². The van der Waals surface area contributed by atoms with E-state index in [0.29, 0.717) is 0 Å². The summed E-state index contributed by atoms with van der Waals surface area (Å²) in [5.74, 6) is 0.881. The van der Waals surface area contributed by atoms with Gasteiger partial charge in [0, 0.05) is 27.3 Å². The van der Waals surface area contributed by atoms with Crippen LogP contribution >= 0.6 is 0 Å². The molecule has 0 spiro atoms. The zero-order valence-corrected chi connectivity index (χ0v) is 20.2. The summed E-state index contributed by atoms with van der Waals surface area (Å²) in [6.45, 7) is 11.1. The van der Waals surface area contributed by atoms with Crippen molar-refractivity contribution in [2.45, 2.75) is 40.0 Å². The summed E-state index contributed by atoms with van der Waals surface area (Å²) in [6.07, 6.45) is 1.82. The number of benzene rings is 3. The molecule has 3 heterocycles. The summed E-state index contributed by atoms with van der Waals surface area (Å²) >= 11 is 0. The minimum absolute atomic E-state index is 0.110. The zero-order chi connectivity index (χ0) is 23.6. The van der Waals surface area contributed by atoms with Crippen LogP contribution in [0.4, 0.5) is 0 Å². The van der Waals surface area contributed by atoms with E-state index in [2.05, 4.69) is 83.1 Å². The highest BCUT2D eigenvalue weighted by atomic mass is 16.3. The average Bonchev–Trinajstić information content (AvgIpc) is 3.38. The van der Waals surface area contributed by atoms with Gasteiger partial charge in [0.1, 0.15) is 16.9 Å². The zero-order valence-electron chi connectivity index (χ0n) is 20.2. The predicted molar refractivity (Wildman–Crippen MR) is 140 cm³/mol. The van der Waals surface area contributed by atoms with Crippen molar-refractivity contribution in [3.05, 3.63) is 89.6 Å². The molecule has 6 aromatic rings. The van der Waals surface area contributed by atoms with Crippen molar-refractivity contribution in [1.29, 1.82) is 0 Å². The molecule has 34 heavy (non-hydrogen) atoms. The maximum absolute atomic E-state index is 6.28. The molecular weight excluding hydrogens is 418 g/mol. The molecule has 3 nitrogen and oxygen atoms in total. The summed E-state index contributed by atoms with van der Waals surface area (Å²) in [6, 6.07) is 23.2. The fourth-order valence-electron chi connectivity index (χ4n) is 4.95. The van der Waals surface area contributed by atoms with Gasteiger partial charge in [-0.25, -0.2) is 0 Å². The van der Waals surface area contributed by atoms with Crippen molar-refractivity contribution in [3.63, 3.8) is 0 Å². The number of rotatable bonds is 2. The number of furan rings is 2. The average molecular weight is 446 g/mol. The second-order valence-electron chi connectivity index (χ2n) is 10.2. The Morgan fingerprint density at radius 1 is 0.735 bits per heavy atom. The topological polar surface area (TPSA) is 39.2 Å². The number of aryl methyl sites for hydroxylation is 2. The third-order valence-corrected chi connectivity index (χ3v) is 6.73. The predicted octanol–water partition coefficient (Wildman–Crippen LogP) is 8.98. The molecule has 0 amide bonds. The molecule has 0 saturated carbocycles. The molecule has 0 bridgehead atoms. The van der Waals surface area contributed by atoms with Gasteiger partial charge in [0.05, 0.1) is 11.9 Å².